The summed E-state index contributed by atoms with van der Waals surface area (Å²) in [5.74, 6) is -0.390. The lowest BCUT2D eigenvalue weighted by Crippen LogP contribution is -2.25. The number of hydrogen-bond acceptors (Lipinski definition) is 3. The molecule has 0 aliphatic rings. The normalized spacial score (nSPS) is 11.4. The number of amides is 1. The van der Waals surface area contributed by atoms with Crippen LogP contribution in [0.25, 0.3) is 11.3 Å². The molecule has 0 spiro atoms. The second-order valence-electron chi connectivity index (χ2n) is 6.03. The molecule has 0 unspecified atom stereocenters. The molecule has 27 heavy (non-hydrogen) atoms. The van der Waals surface area contributed by atoms with Crippen LogP contribution in [-0.4, -0.2) is 17.4 Å². The molecule has 3 aromatic rings. The first-order chi connectivity index (χ1) is 12.8. The molecule has 7 heteroatoms. The van der Waals surface area contributed by atoms with E-state index >= 15 is 0 Å². The molecule has 0 bridgehead atoms. The van der Waals surface area contributed by atoms with Gasteiger partial charge in [0.1, 0.15) is 0 Å². The molecule has 3 nitrogen and oxygen atoms in total. The lowest BCUT2D eigenvalue weighted by Gasteiger charge is -2.08. The number of aryl methyl sites for hydroxylation is 1. The van der Waals surface area contributed by atoms with Crippen molar-refractivity contribution in [3.63, 3.8) is 0 Å². The van der Waals surface area contributed by atoms with Crippen molar-refractivity contribution in [2.24, 2.45) is 0 Å². The number of halogens is 3. The van der Waals surface area contributed by atoms with E-state index in [0.29, 0.717) is 13.0 Å². The number of carbonyl (C=O) groups is 1. The van der Waals surface area contributed by atoms with Gasteiger partial charge in [0.15, 0.2) is 0 Å². The number of benzene rings is 2. The van der Waals surface area contributed by atoms with Crippen molar-refractivity contribution in [1.82, 2.24) is 10.3 Å². The maximum atomic E-state index is 12.5. The fourth-order valence-electron chi connectivity index (χ4n) is 2.57. The number of thiazole rings is 1. The molecule has 0 fully saturated rings. The van der Waals surface area contributed by atoms with Crippen LogP contribution in [0.1, 0.15) is 26.5 Å². The zero-order valence-corrected chi connectivity index (χ0v) is 15.3. The SMILES string of the molecule is Cc1nc(-c2ccc(CCNC(=O)c3ccc(C(F)(F)F)cc3)cc2)cs1. The highest BCUT2D eigenvalue weighted by molar-refractivity contribution is 7.09. The molecular formula is C20H17F3N2OS. The summed E-state index contributed by atoms with van der Waals surface area (Å²) in [5.41, 5.74) is 2.47. The molecule has 1 aromatic heterocycles. The van der Waals surface area contributed by atoms with E-state index in [-0.39, 0.29) is 5.56 Å². The van der Waals surface area contributed by atoms with Crippen LogP contribution < -0.4 is 5.32 Å². The van der Waals surface area contributed by atoms with Gasteiger partial charge in [0, 0.05) is 23.1 Å². The molecule has 0 saturated carbocycles. The van der Waals surface area contributed by atoms with E-state index in [4.69, 9.17) is 0 Å². The van der Waals surface area contributed by atoms with Gasteiger partial charge in [0.05, 0.1) is 16.3 Å². The molecule has 1 amide bonds. The average molecular weight is 390 g/mol. The van der Waals surface area contributed by atoms with Crippen molar-refractivity contribution in [2.75, 3.05) is 6.54 Å². The summed E-state index contributed by atoms with van der Waals surface area (Å²) in [6, 6.07) is 12.1. The molecule has 0 radical (unpaired) electrons. The van der Waals surface area contributed by atoms with Gasteiger partial charge >= 0.3 is 6.18 Å². The largest absolute Gasteiger partial charge is 0.416 e. The van der Waals surface area contributed by atoms with Crippen molar-refractivity contribution in [2.45, 2.75) is 19.5 Å². The molecule has 0 atom stereocenters. The van der Waals surface area contributed by atoms with Gasteiger partial charge in [-0.05, 0) is 43.2 Å². The van der Waals surface area contributed by atoms with Crippen LogP contribution in [0, 0.1) is 6.92 Å². The summed E-state index contributed by atoms with van der Waals surface area (Å²) in [5, 5.41) is 5.75. The van der Waals surface area contributed by atoms with Crippen molar-refractivity contribution in [3.8, 4) is 11.3 Å². The van der Waals surface area contributed by atoms with Crippen molar-refractivity contribution >= 4 is 17.2 Å². The maximum absolute atomic E-state index is 12.5. The van der Waals surface area contributed by atoms with Crippen LogP contribution in [0.15, 0.2) is 53.9 Å². The molecule has 1 heterocycles. The first-order valence-electron chi connectivity index (χ1n) is 8.30. The highest BCUT2D eigenvalue weighted by Gasteiger charge is 2.30. The zero-order valence-electron chi connectivity index (χ0n) is 14.5. The Kier molecular flexibility index (Phi) is 5.60. The van der Waals surface area contributed by atoms with Crippen molar-refractivity contribution in [1.29, 1.82) is 0 Å². The van der Waals surface area contributed by atoms with E-state index in [9.17, 15) is 18.0 Å². The third-order valence-electron chi connectivity index (χ3n) is 4.04. The second-order valence-corrected chi connectivity index (χ2v) is 7.09. The Bertz CT molecular complexity index is 916. The Balaban J connectivity index is 1.52. The van der Waals surface area contributed by atoms with Gasteiger partial charge in [-0.15, -0.1) is 11.3 Å². The predicted octanol–water partition coefficient (Wildman–Crippen LogP) is 5.11. The van der Waals surface area contributed by atoms with Crippen LogP contribution in [0.5, 0.6) is 0 Å². The number of hydrogen-bond donors (Lipinski definition) is 1. The molecule has 140 valence electrons. The highest BCUT2D eigenvalue weighted by atomic mass is 32.1. The van der Waals surface area contributed by atoms with E-state index < -0.39 is 17.6 Å². The Morgan fingerprint density at radius 1 is 1.07 bits per heavy atom. The van der Waals surface area contributed by atoms with Gasteiger partial charge in [0.2, 0.25) is 0 Å². The van der Waals surface area contributed by atoms with E-state index in [0.717, 1.165) is 34.0 Å². The summed E-state index contributed by atoms with van der Waals surface area (Å²) in [6.45, 7) is 2.36. The van der Waals surface area contributed by atoms with Crippen LogP contribution >= 0.6 is 11.3 Å². The summed E-state index contributed by atoms with van der Waals surface area (Å²) in [4.78, 5) is 16.5. The molecule has 0 saturated heterocycles. The minimum absolute atomic E-state index is 0.206. The van der Waals surface area contributed by atoms with Gasteiger partial charge in [-0.25, -0.2) is 4.98 Å². The first-order valence-corrected chi connectivity index (χ1v) is 9.18. The van der Waals surface area contributed by atoms with Crippen molar-refractivity contribution < 1.29 is 18.0 Å². The minimum atomic E-state index is -4.40. The minimum Gasteiger partial charge on any atom is -0.352 e. The third-order valence-corrected chi connectivity index (χ3v) is 4.82. The molecule has 0 aliphatic heterocycles. The summed E-state index contributed by atoms with van der Waals surface area (Å²) < 4.78 is 37.6. The zero-order chi connectivity index (χ0) is 19.4. The van der Waals surface area contributed by atoms with Crippen LogP contribution in [-0.2, 0) is 12.6 Å². The number of nitrogens with one attached hydrogen (secondary N) is 1. The average Bonchev–Trinajstić information content (AvgIpc) is 3.08. The lowest BCUT2D eigenvalue weighted by atomic mass is 10.1. The second kappa shape index (κ2) is 7.92. The number of aromatic nitrogens is 1. The maximum Gasteiger partial charge on any atom is 0.416 e. The van der Waals surface area contributed by atoms with Crippen molar-refractivity contribution in [3.05, 3.63) is 75.6 Å². The van der Waals surface area contributed by atoms with Gasteiger partial charge in [-0.2, -0.15) is 13.2 Å². The lowest BCUT2D eigenvalue weighted by molar-refractivity contribution is -0.137. The molecule has 1 N–H and O–H groups in total. The van der Waals surface area contributed by atoms with Crippen LogP contribution in [0.3, 0.4) is 0 Å². The Labute approximate surface area is 158 Å². The van der Waals surface area contributed by atoms with Gasteiger partial charge in [-0.3, -0.25) is 4.79 Å². The van der Waals surface area contributed by atoms with E-state index in [1.165, 1.54) is 12.1 Å². The van der Waals surface area contributed by atoms with E-state index in [1.807, 2.05) is 36.6 Å². The third kappa shape index (κ3) is 4.95. The Morgan fingerprint density at radius 2 is 1.74 bits per heavy atom. The summed E-state index contributed by atoms with van der Waals surface area (Å²) in [7, 11) is 0. The number of rotatable bonds is 5. The van der Waals surface area contributed by atoms with Crippen LogP contribution in [0.4, 0.5) is 13.2 Å². The Morgan fingerprint density at radius 3 is 2.30 bits per heavy atom. The highest BCUT2D eigenvalue weighted by Crippen LogP contribution is 2.29. The Hall–Kier alpha value is -2.67. The van der Waals surface area contributed by atoms with Gasteiger partial charge in [0.25, 0.3) is 5.91 Å². The molecule has 3 rings (SSSR count). The fraction of sp³-hybridized carbons (Fsp3) is 0.200. The smallest absolute Gasteiger partial charge is 0.352 e. The molecule has 2 aromatic carbocycles. The first kappa shape index (κ1) is 19.1. The van der Waals surface area contributed by atoms with E-state index in [1.54, 1.807) is 11.3 Å². The molecule has 0 aliphatic carbocycles. The van der Waals surface area contributed by atoms with E-state index in [2.05, 4.69) is 10.3 Å². The summed E-state index contributed by atoms with van der Waals surface area (Å²) >= 11 is 1.60. The number of carbonyl (C=O) groups excluding carboxylic acids is 1. The predicted molar refractivity (Wildman–Crippen MR) is 99.8 cm³/mol. The summed E-state index contributed by atoms with van der Waals surface area (Å²) in [6.07, 6.45) is -3.78. The van der Waals surface area contributed by atoms with Gasteiger partial charge < -0.3 is 5.32 Å². The number of alkyl halides is 3. The fourth-order valence-corrected chi connectivity index (χ4v) is 3.19. The van der Waals surface area contributed by atoms with Gasteiger partial charge in [-0.1, -0.05) is 24.3 Å². The topological polar surface area (TPSA) is 42.0 Å². The monoisotopic (exact) mass is 390 g/mol. The molecular weight excluding hydrogens is 373 g/mol. The standard InChI is InChI=1S/C20H17F3N2OS/c1-13-25-18(12-27-13)15-4-2-14(3-5-15)10-11-24-19(26)16-6-8-17(9-7-16)20(21,22)23/h2-9,12H,10-11H2,1H3,(H,24,26). The van der Waals surface area contributed by atoms with Crippen LogP contribution in [0.2, 0.25) is 0 Å². The quantitative estimate of drug-likeness (QED) is 0.658. The number of nitrogens with zero attached hydrogens (tertiary/aromatic N) is 1.